The molecular formula is C16H13N5O. The van der Waals surface area contributed by atoms with E-state index in [4.69, 9.17) is 0 Å². The van der Waals surface area contributed by atoms with Crippen LogP contribution < -0.4 is 5.32 Å². The van der Waals surface area contributed by atoms with E-state index in [1.807, 2.05) is 48.5 Å². The smallest absolute Gasteiger partial charge is 0.248 e. The van der Waals surface area contributed by atoms with Gasteiger partial charge < -0.3 is 5.32 Å². The summed E-state index contributed by atoms with van der Waals surface area (Å²) in [6, 6.07) is 16.9. The minimum absolute atomic E-state index is 0.218. The first-order chi connectivity index (χ1) is 10.8. The maximum absolute atomic E-state index is 12.0. The Morgan fingerprint density at radius 1 is 1.05 bits per heavy atom. The first kappa shape index (κ1) is 13.7. The predicted molar refractivity (Wildman–Crippen MR) is 83.3 cm³/mol. The summed E-state index contributed by atoms with van der Waals surface area (Å²) in [7, 11) is 0. The van der Waals surface area contributed by atoms with E-state index in [9.17, 15) is 4.79 Å². The van der Waals surface area contributed by atoms with Gasteiger partial charge in [-0.1, -0.05) is 42.5 Å². The molecule has 1 aromatic heterocycles. The minimum Gasteiger partial charge on any atom is -0.321 e. The molecule has 0 saturated heterocycles. The fourth-order valence-corrected chi connectivity index (χ4v) is 1.96. The molecule has 0 spiro atoms. The van der Waals surface area contributed by atoms with Crippen LogP contribution in [0.25, 0.3) is 11.8 Å². The molecule has 1 amide bonds. The molecule has 0 aliphatic heterocycles. The van der Waals surface area contributed by atoms with Crippen LogP contribution in [0.3, 0.4) is 0 Å². The quantitative estimate of drug-likeness (QED) is 0.749. The topological polar surface area (TPSA) is 72.7 Å². The summed E-state index contributed by atoms with van der Waals surface area (Å²) >= 11 is 0. The zero-order chi connectivity index (χ0) is 15.2. The molecule has 0 unspecified atom stereocenters. The molecule has 0 bridgehead atoms. The number of benzene rings is 2. The summed E-state index contributed by atoms with van der Waals surface area (Å²) in [5, 5.41) is 13.9. The van der Waals surface area contributed by atoms with Crippen molar-refractivity contribution in [3.8, 4) is 5.69 Å². The van der Waals surface area contributed by atoms with Gasteiger partial charge in [-0.2, -0.15) is 4.68 Å². The molecule has 0 saturated carbocycles. The molecule has 1 N–H and O–H groups in total. The summed E-state index contributed by atoms with van der Waals surface area (Å²) in [6.07, 6.45) is 4.73. The number of amides is 1. The van der Waals surface area contributed by atoms with Gasteiger partial charge in [-0.15, -0.1) is 5.10 Å². The highest BCUT2D eigenvalue weighted by Crippen LogP contribution is 2.18. The number of tetrazole rings is 1. The molecule has 108 valence electrons. The summed E-state index contributed by atoms with van der Waals surface area (Å²) in [6.45, 7) is 0. The van der Waals surface area contributed by atoms with Gasteiger partial charge in [0.05, 0.1) is 11.4 Å². The van der Waals surface area contributed by atoms with Crippen LogP contribution in [0.4, 0.5) is 5.69 Å². The maximum atomic E-state index is 12.0. The Hall–Kier alpha value is -3.28. The molecule has 6 nitrogen and oxygen atoms in total. The first-order valence-corrected chi connectivity index (χ1v) is 6.69. The number of hydrogen-bond acceptors (Lipinski definition) is 4. The highest BCUT2D eigenvalue weighted by atomic mass is 16.1. The van der Waals surface area contributed by atoms with Crippen molar-refractivity contribution in [1.82, 2.24) is 20.2 Å². The van der Waals surface area contributed by atoms with E-state index in [2.05, 4.69) is 20.8 Å². The van der Waals surface area contributed by atoms with Gasteiger partial charge in [0, 0.05) is 6.08 Å². The Morgan fingerprint density at radius 3 is 2.59 bits per heavy atom. The van der Waals surface area contributed by atoms with Crippen molar-refractivity contribution >= 4 is 17.7 Å². The number of rotatable bonds is 4. The highest BCUT2D eigenvalue weighted by molar-refractivity contribution is 6.03. The highest BCUT2D eigenvalue weighted by Gasteiger charge is 2.07. The summed E-state index contributed by atoms with van der Waals surface area (Å²) in [5.41, 5.74) is 2.30. The van der Waals surface area contributed by atoms with Crippen molar-refractivity contribution in [2.45, 2.75) is 0 Å². The second-order valence-corrected chi connectivity index (χ2v) is 4.50. The average molecular weight is 291 g/mol. The molecule has 0 aliphatic rings. The van der Waals surface area contributed by atoms with E-state index >= 15 is 0 Å². The normalized spacial score (nSPS) is 10.7. The lowest BCUT2D eigenvalue weighted by Gasteiger charge is -2.08. The lowest BCUT2D eigenvalue weighted by atomic mass is 10.2. The van der Waals surface area contributed by atoms with E-state index in [0.29, 0.717) is 11.4 Å². The monoisotopic (exact) mass is 291 g/mol. The number of carbonyl (C=O) groups excluding carboxylic acids is 1. The number of nitrogens with zero attached hydrogens (tertiary/aromatic N) is 4. The van der Waals surface area contributed by atoms with Gasteiger partial charge in [0.25, 0.3) is 0 Å². The van der Waals surface area contributed by atoms with Gasteiger partial charge in [-0.25, -0.2) is 0 Å². The zero-order valence-electron chi connectivity index (χ0n) is 11.6. The summed E-state index contributed by atoms with van der Waals surface area (Å²) in [4.78, 5) is 12.0. The van der Waals surface area contributed by atoms with Crippen molar-refractivity contribution in [2.75, 3.05) is 5.32 Å². The first-order valence-electron chi connectivity index (χ1n) is 6.69. The fraction of sp³-hybridized carbons (Fsp3) is 0. The Balaban J connectivity index is 1.76. The number of hydrogen-bond donors (Lipinski definition) is 1. The third-order valence-corrected chi connectivity index (χ3v) is 2.98. The standard InChI is InChI=1S/C16H13N5O/c22-16(11-10-13-6-2-1-3-7-13)18-14-8-4-5-9-15(14)21-12-17-19-20-21/h1-12H,(H,18,22)/b11-10+. The molecule has 0 aliphatic carbocycles. The van der Waals surface area contributed by atoms with Crippen LogP contribution in [0, 0.1) is 0 Å². The van der Waals surface area contributed by atoms with Gasteiger partial charge >= 0.3 is 0 Å². The molecule has 0 radical (unpaired) electrons. The molecule has 22 heavy (non-hydrogen) atoms. The van der Waals surface area contributed by atoms with Gasteiger partial charge in [-0.05, 0) is 34.2 Å². The summed E-state index contributed by atoms with van der Waals surface area (Å²) < 4.78 is 1.50. The molecule has 2 aromatic carbocycles. The van der Waals surface area contributed by atoms with Gasteiger partial charge in [0.1, 0.15) is 6.33 Å². The third-order valence-electron chi connectivity index (χ3n) is 2.98. The fourth-order valence-electron chi connectivity index (χ4n) is 1.96. The van der Waals surface area contributed by atoms with Crippen molar-refractivity contribution in [1.29, 1.82) is 0 Å². The molecule has 3 aromatic rings. The Bertz CT molecular complexity index is 781. The number of aromatic nitrogens is 4. The van der Waals surface area contributed by atoms with Crippen molar-refractivity contribution < 1.29 is 4.79 Å². The number of anilines is 1. The van der Waals surface area contributed by atoms with Crippen molar-refractivity contribution in [2.24, 2.45) is 0 Å². The Labute approximate surface area is 127 Å². The van der Waals surface area contributed by atoms with E-state index in [1.165, 1.54) is 17.1 Å². The van der Waals surface area contributed by atoms with Crippen LogP contribution in [-0.2, 0) is 4.79 Å². The third kappa shape index (κ3) is 3.24. The SMILES string of the molecule is O=C(/C=C/c1ccccc1)Nc1ccccc1-n1cnnn1. The Kier molecular flexibility index (Phi) is 4.01. The second kappa shape index (κ2) is 6.45. The van der Waals surface area contributed by atoms with Crippen molar-refractivity contribution in [3.05, 3.63) is 72.6 Å². The van der Waals surface area contributed by atoms with Crippen LogP contribution in [0.1, 0.15) is 5.56 Å². The van der Waals surface area contributed by atoms with Gasteiger partial charge in [0.2, 0.25) is 5.91 Å². The Morgan fingerprint density at radius 2 is 1.82 bits per heavy atom. The van der Waals surface area contributed by atoms with Crippen LogP contribution in [-0.4, -0.2) is 26.1 Å². The maximum Gasteiger partial charge on any atom is 0.248 e. The zero-order valence-corrected chi connectivity index (χ0v) is 11.6. The number of para-hydroxylation sites is 2. The largest absolute Gasteiger partial charge is 0.321 e. The van der Waals surface area contributed by atoms with Crippen molar-refractivity contribution in [3.63, 3.8) is 0 Å². The molecule has 0 atom stereocenters. The number of nitrogens with one attached hydrogen (secondary N) is 1. The molecular weight excluding hydrogens is 278 g/mol. The minimum atomic E-state index is -0.218. The molecule has 0 fully saturated rings. The van der Waals surface area contributed by atoms with E-state index < -0.39 is 0 Å². The number of carbonyl (C=O) groups is 1. The molecule has 6 heteroatoms. The van der Waals surface area contributed by atoms with Gasteiger partial charge in [0.15, 0.2) is 0 Å². The van der Waals surface area contributed by atoms with E-state index in [0.717, 1.165) is 5.56 Å². The van der Waals surface area contributed by atoms with Crippen LogP contribution in [0.2, 0.25) is 0 Å². The van der Waals surface area contributed by atoms with E-state index in [-0.39, 0.29) is 5.91 Å². The lowest BCUT2D eigenvalue weighted by molar-refractivity contribution is -0.111. The molecule has 3 rings (SSSR count). The second-order valence-electron chi connectivity index (χ2n) is 4.50. The van der Waals surface area contributed by atoms with E-state index in [1.54, 1.807) is 12.1 Å². The van der Waals surface area contributed by atoms with Crippen LogP contribution in [0.5, 0.6) is 0 Å². The van der Waals surface area contributed by atoms with Crippen LogP contribution in [0.15, 0.2) is 67.0 Å². The van der Waals surface area contributed by atoms with Gasteiger partial charge in [-0.3, -0.25) is 4.79 Å². The summed E-state index contributed by atoms with van der Waals surface area (Å²) in [5.74, 6) is -0.218. The average Bonchev–Trinajstić information content (AvgIpc) is 3.09. The van der Waals surface area contributed by atoms with Crippen LogP contribution >= 0.6 is 0 Å². The lowest BCUT2D eigenvalue weighted by Crippen LogP contribution is -2.11. The molecule has 1 heterocycles. The predicted octanol–water partition coefficient (Wildman–Crippen LogP) is 2.31.